The summed E-state index contributed by atoms with van der Waals surface area (Å²) in [6, 6.07) is 0. The Morgan fingerprint density at radius 2 is 0.778 bits per heavy atom. The predicted octanol–water partition coefficient (Wildman–Crippen LogP) is 13.8. The zero-order valence-corrected chi connectivity index (χ0v) is 40.4. The lowest BCUT2D eigenvalue weighted by molar-refractivity contribution is -0.153. The summed E-state index contributed by atoms with van der Waals surface area (Å²) in [4.78, 5) is 34.6. The molecule has 11 heteroatoms. The largest absolute Gasteiger partial charge is 0.472 e. The highest BCUT2D eigenvalue weighted by atomic mass is 31.2. The fourth-order valence-electron chi connectivity index (χ4n) is 6.37. The molecular formula is C52H89O10P. The number of allylic oxidation sites excluding steroid dienone is 14. The van der Waals surface area contributed by atoms with Gasteiger partial charge < -0.3 is 24.6 Å². The van der Waals surface area contributed by atoms with E-state index in [0.717, 1.165) is 57.8 Å². The maximum atomic E-state index is 12.4. The summed E-state index contributed by atoms with van der Waals surface area (Å²) in [5, 5.41) is 19.2. The van der Waals surface area contributed by atoms with Crippen LogP contribution in [0, 0.1) is 0 Å². The lowest BCUT2D eigenvalue weighted by Crippen LogP contribution is -2.28. The molecule has 3 N–H and O–H groups in total. The maximum Gasteiger partial charge on any atom is 0.472 e. The number of carbonyl (C=O) groups excluding carboxylic acids is 2. The summed E-state index contributed by atoms with van der Waals surface area (Å²) < 4.78 is 32.6. The monoisotopic (exact) mass is 905 g/mol. The molecule has 0 rings (SSSR count). The summed E-state index contributed by atoms with van der Waals surface area (Å²) in [7, 11) is -4.67. The molecule has 3 atom stereocenters. The molecule has 3 unspecified atom stereocenters. The van der Waals surface area contributed by atoms with Gasteiger partial charge in [-0.1, -0.05) is 189 Å². The van der Waals surface area contributed by atoms with Gasteiger partial charge in [-0.3, -0.25) is 18.6 Å². The van der Waals surface area contributed by atoms with E-state index in [4.69, 9.17) is 18.5 Å². The Balaban J connectivity index is 3.96. The van der Waals surface area contributed by atoms with Crippen molar-refractivity contribution in [2.75, 3.05) is 26.4 Å². The number of hydrogen-bond acceptors (Lipinski definition) is 9. The Kier molecular flexibility index (Phi) is 45.0. The van der Waals surface area contributed by atoms with Gasteiger partial charge >= 0.3 is 19.8 Å². The minimum atomic E-state index is -4.67. The molecule has 0 amide bonds. The van der Waals surface area contributed by atoms with Crippen LogP contribution in [0.25, 0.3) is 0 Å². The Labute approximate surface area is 383 Å². The third-order valence-corrected chi connectivity index (χ3v) is 11.1. The molecule has 10 nitrogen and oxygen atoms in total. The molecule has 0 saturated carbocycles. The first-order valence-electron chi connectivity index (χ1n) is 24.5. The fourth-order valence-corrected chi connectivity index (χ4v) is 7.15. The van der Waals surface area contributed by atoms with Crippen molar-refractivity contribution in [3.8, 4) is 0 Å². The number of aliphatic hydroxyl groups excluding tert-OH is 2. The molecule has 0 saturated heterocycles. The molecule has 0 aromatic heterocycles. The second-order valence-electron chi connectivity index (χ2n) is 16.1. The highest BCUT2D eigenvalue weighted by molar-refractivity contribution is 7.47. The molecule has 0 aliphatic heterocycles. The molecule has 0 aromatic carbocycles. The minimum Gasteiger partial charge on any atom is -0.457 e. The average Bonchev–Trinajstić information content (AvgIpc) is 3.27. The van der Waals surface area contributed by atoms with Crippen LogP contribution in [-0.2, 0) is 32.7 Å². The first kappa shape index (κ1) is 60.2. The topological polar surface area (TPSA) is 149 Å². The predicted molar refractivity (Wildman–Crippen MR) is 260 cm³/mol. The molecule has 0 bridgehead atoms. The van der Waals surface area contributed by atoms with Crippen LogP contribution in [0.1, 0.15) is 194 Å². The number of phosphoric ester groups is 1. The van der Waals surface area contributed by atoms with Crippen molar-refractivity contribution >= 4 is 19.8 Å². The van der Waals surface area contributed by atoms with Crippen molar-refractivity contribution in [3.63, 3.8) is 0 Å². The van der Waals surface area contributed by atoms with E-state index < -0.39 is 58.4 Å². The standard InChI is InChI=1S/C52H89O10P/c1-3-5-7-9-11-13-15-17-19-21-23-24-26-28-30-32-34-36-38-40-42-44-52(56)62-50(46-54)48-60-63(57,58)59-47-49(45-53)61-51(55)43-41-39-37-35-33-31-29-27-25-22-20-18-16-14-12-10-8-6-4-2/h6,8,12,14,18,20-21,23,25,27,31,33,37,39,49-50,53-54H,3-5,7,9-11,13,15-17,19,22,24,26,28-30,32,34-36,38,40-48H2,1-2H3,(H,57,58)/b8-6-,14-12-,20-18-,23-21-,27-25-,33-31-,39-37-. The third-order valence-electron chi connectivity index (χ3n) is 10.1. The van der Waals surface area contributed by atoms with Gasteiger partial charge in [0.05, 0.1) is 26.4 Å². The Morgan fingerprint density at radius 3 is 1.17 bits per heavy atom. The van der Waals surface area contributed by atoms with Crippen LogP contribution < -0.4 is 0 Å². The molecule has 0 spiro atoms. The second kappa shape index (κ2) is 47.1. The van der Waals surface area contributed by atoms with Crippen LogP contribution in [0.5, 0.6) is 0 Å². The number of hydrogen-bond donors (Lipinski definition) is 3. The molecule has 0 radical (unpaired) electrons. The lowest BCUT2D eigenvalue weighted by atomic mass is 10.1. The van der Waals surface area contributed by atoms with Gasteiger partial charge in [0.25, 0.3) is 0 Å². The van der Waals surface area contributed by atoms with Crippen LogP contribution in [0.15, 0.2) is 85.1 Å². The van der Waals surface area contributed by atoms with E-state index >= 15 is 0 Å². The lowest BCUT2D eigenvalue weighted by Gasteiger charge is -2.20. The number of esters is 2. The highest BCUT2D eigenvalue weighted by Crippen LogP contribution is 2.43. The fraction of sp³-hybridized carbons (Fsp3) is 0.692. The van der Waals surface area contributed by atoms with Crippen molar-refractivity contribution in [3.05, 3.63) is 85.1 Å². The van der Waals surface area contributed by atoms with Crippen molar-refractivity contribution in [1.82, 2.24) is 0 Å². The van der Waals surface area contributed by atoms with Gasteiger partial charge in [0.15, 0.2) is 0 Å². The number of unbranched alkanes of at least 4 members (excludes halogenated alkanes) is 17. The summed E-state index contributed by atoms with van der Waals surface area (Å²) in [6.07, 6.45) is 57.1. The van der Waals surface area contributed by atoms with E-state index in [1.165, 1.54) is 96.3 Å². The first-order valence-corrected chi connectivity index (χ1v) is 26.0. The van der Waals surface area contributed by atoms with Crippen molar-refractivity contribution in [2.24, 2.45) is 0 Å². The maximum absolute atomic E-state index is 12.4. The summed E-state index contributed by atoms with van der Waals surface area (Å²) in [5.74, 6) is -1.11. The van der Waals surface area contributed by atoms with Crippen molar-refractivity contribution in [2.45, 2.75) is 206 Å². The van der Waals surface area contributed by atoms with Crippen LogP contribution in [0.3, 0.4) is 0 Å². The Bertz CT molecular complexity index is 1320. The van der Waals surface area contributed by atoms with Crippen molar-refractivity contribution < 1.29 is 47.8 Å². The van der Waals surface area contributed by atoms with Crippen LogP contribution in [-0.4, -0.2) is 65.7 Å². The number of rotatable bonds is 45. The highest BCUT2D eigenvalue weighted by Gasteiger charge is 2.27. The summed E-state index contributed by atoms with van der Waals surface area (Å²) >= 11 is 0. The second-order valence-corrected chi connectivity index (χ2v) is 17.5. The van der Waals surface area contributed by atoms with E-state index in [0.29, 0.717) is 12.8 Å². The number of carbonyl (C=O) groups is 2. The molecule has 0 aromatic rings. The molecule has 0 fully saturated rings. The molecular weight excluding hydrogens is 816 g/mol. The zero-order chi connectivity index (χ0) is 46.2. The quantitative estimate of drug-likeness (QED) is 0.0233. The summed E-state index contributed by atoms with van der Waals surface area (Å²) in [6.45, 7) is 2.01. The van der Waals surface area contributed by atoms with Gasteiger partial charge in [-0.15, -0.1) is 0 Å². The van der Waals surface area contributed by atoms with Gasteiger partial charge in [0.1, 0.15) is 12.2 Å². The molecule has 362 valence electrons. The first-order chi connectivity index (χ1) is 30.8. The van der Waals surface area contributed by atoms with E-state index in [1.807, 2.05) is 12.2 Å². The summed E-state index contributed by atoms with van der Waals surface area (Å²) in [5.41, 5.74) is 0. The zero-order valence-electron chi connectivity index (χ0n) is 39.5. The smallest absolute Gasteiger partial charge is 0.457 e. The molecule has 0 heterocycles. The van der Waals surface area contributed by atoms with Gasteiger partial charge in [0, 0.05) is 12.8 Å². The van der Waals surface area contributed by atoms with Crippen LogP contribution >= 0.6 is 7.82 Å². The van der Waals surface area contributed by atoms with Crippen LogP contribution in [0.4, 0.5) is 0 Å². The third kappa shape index (κ3) is 45.5. The van der Waals surface area contributed by atoms with Gasteiger partial charge in [-0.25, -0.2) is 4.57 Å². The van der Waals surface area contributed by atoms with Crippen LogP contribution in [0.2, 0.25) is 0 Å². The van der Waals surface area contributed by atoms with Crippen molar-refractivity contribution in [1.29, 1.82) is 0 Å². The van der Waals surface area contributed by atoms with E-state index in [-0.39, 0.29) is 12.8 Å². The molecule has 0 aliphatic carbocycles. The normalized spacial score (nSPS) is 14.4. The van der Waals surface area contributed by atoms with E-state index in [1.54, 1.807) is 0 Å². The van der Waals surface area contributed by atoms with Gasteiger partial charge in [-0.05, 0) is 77.0 Å². The SMILES string of the molecule is CC/C=C\C/C=C\C/C=C\C/C=C\C/C=C\C/C=C\CCC(=O)OC(CO)COP(=O)(O)OCC(CO)OC(=O)CCCCCCCCCCC/C=C\CCCCCCCCCC. The van der Waals surface area contributed by atoms with Gasteiger partial charge in [0.2, 0.25) is 0 Å². The average molecular weight is 905 g/mol. The number of ether oxygens (including phenoxy) is 2. The Hall–Kier alpha value is -2.85. The molecule has 0 aliphatic rings. The minimum absolute atomic E-state index is 0.0629. The van der Waals surface area contributed by atoms with Gasteiger partial charge in [-0.2, -0.15) is 0 Å². The molecule has 63 heavy (non-hydrogen) atoms. The number of aliphatic hydroxyl groups is 2. The van der Waals surface area contributed by atoms with E-state index in [9.17, 15) is 29.3 Å². The number of phosphoric acid groups is 1. The Morgan fingerprint density at radius 1 is 0.444 bits per heavy atom. The van der Waals surface area contributed by atoms with E-state index in [2.05, 4.69) is 86.8 Å².